The Morgan fingerprint density at radius 2 is 2.00 bits per heavy atom. The largest absolute Gasteiger partial charge is 0.399 e. The molecule has 0 spiro atoms. The number of nitrogens with one attached hydrogen (secondary N) is 1. The first-order valence-electron chi connectivity index (χ1n) is 4.72. The molecule has 0 saturated carbocycles. The van der Waals surface area contributed by atoms with Crippen molar-refractivity contribution in [3.05, 3.63) is 23.8 Å². The average molecular weight is 273 g/mol. The number of nitrogen functional groups attached to an aromatic ring is 1. The summed E-state index contributed by atoms with van der Waals surface area (Å²) in [6.07, 6.45) is 0. The molecule has 0 bridgehead atoms. The van der Waals surface area contributed by atoms with E-state index in [1.54, 1.807) is 6.07 Å². The van der Waals surface area contributed by atoms with E-state index in [0.29, 0.717) is 0 Å². The maximum Gasteiger partial charge on any atom is 0.233 e. The highest BCUT2D eigenvalue weighted by Crippen LogP contribution is 2.20. The van der Waals surface area contributed by atoms with Crippen molar-refractivity contribution in [3.63, 3.8) is 0 Å². The molecule has 18 heavy (non-hydrogen) atoms. The van der Waals surface area contributed by atoms with Gasteiger partial charge in [-0.1, -0.05) is 0 Å². The zero-order valence-corrected chi connectivity index (χ0v) is 9.89. The standard InChI is InChI=1S/C10H9F2N3O2S/c11-7-3-6(14)4-8(12)10(7)18(17)5-9(16)15-2-1-13/h3-4H,2,5,14H2,(H,15,16). The van der Waals surface area contributed by atoms with Gasteiger partial charge < -0.3 is 11.1 Å². The molecule has 0 aromatic heterocycles. The fraction of sp³-hybridized carbons (Fsp3) is 0.200. The first kappa shape index (κ1) is 14.1. The van der Waals surface area contributed by atoms with Crippen molar-refractivity contribution < 1.29 is 17.8 Å². The summed E-state index contributed by atoms with van der Waals surface area (Å²) in [5, 5.41) is 10.3. The van der Waals surface area contributed by atoms with Crippen molar-refractivity contribution >= 4 is 22.4 Å². The fourth-order valence-corrected chi connectivity index (χ4v) is 2.21. The van der Waals surface area contributed by atoms with E-state index < -0.39 is 39.0 Å². The Kier molecular flexibility index (Phi) is 4.74. The van der Waals surface area contributed by atoms with Gasteiger partial charge in [-0.25, -0.2) is 8.78 Å². The second-order valence-electron chi connectivity index (χ2n) is 3.24. The van der Waals surface area contributed by atoms with Gasteiger partial charge in [-0.3, -0.25) is 9.00 Å². The number of hydrogen-bond acceptors (Lipinski definition) is 4. The monoisotopic (exact) mass is 273 g/mol. The SMILES string of the molecule is N#CCNC(=O)CS(=O)c1c(F)cc(N)cc1F. The molecule has 8 heteroatoms. The second-order valence-corrected chi connectivity index (χ2v) is 4.63. The van der Waals surface area contributed by atoms with Crippen LogP contribution >= 0.6 is 0 Å². The minimum absolute atomic E-state index is 0.139. The Labute approximate surface area is 104 Å². The smallest absolute Gasteiger partial charge is 0.233 e. The van der Waals surface area contributed by atoms with Crippen molar-refractivity contribution in [2.45, 2.75) is 4.90 Å². The van der Waals surface area contributed by atoms with Gasteiger partial charge in [-0.15, -0.1) is 0 Å². The number of amides is 1. The lowest BCUT2D eigenvalue weighted by Crippen LogP contribution is -2.28. The Morgan fingerprint density at radius 1 is 1.44 bits per heavy atom. The van der Waals surface area contributed by atoms with Gasteiger partial charge in [0.1, 0.15) is 28.8 Å². The summed E-state index contributed by atoms with van der Waals surface area (Å²) in [5.41, 5.74) is 5.06. The van der Waals surface area contributed by atoms with Crippen LogP contribution in [0, 0.1) is 23.0 Å². The number of nitrogens with zero attached hydrogens (tertiary/aromatic N) is 1. The normalized spacial score (nSPS) is 11.6. The topological polar surface area (TPSA) is 96.0 Å². The molecule has 1 rings (SSSR count). The minimum atomic E-state index is -2.18. The van der Waals surface area contributed by atoms with Crippen LogP contribution in [-0.2, 0) is 15.6 Å². The molecule has 0 heterocycles. The Bertz CT molecular complexity index is 519. The summed E-state index contributed by atoms with van der Waals surface area (Å²) in [4.78, 5) is 10.5. The number of halogens is 2. The number of nitriles is 1. The van der Waals surface area contributed by atoms with Crippen LogP contribution in [0.4, 0.5) is 14.5 Å². The number of carbonyl (C=O) groups excluding carboxylic acids is 1. The third-order valence-electron chi connectivity index (χ3n) is 1.88. The van der Waals surface area contributed by atoms with Crippen LogP contribution in [0.5, 0.6) is 0 Å². The van der Waals surface area contributed by atoms with E-state index in [1.807, 2.05) is 0 Å². The van der Waals surface area contributed by atoms with Crippen molar-refractivity contribution in [1.82, 2.24) is 5.32 Å². The molecule has 96 valence electrons. The Morgan fingerprint density at radius 3 is 2.50 bits per heavy atom. The van der Waals surface area contributed by atoms with Crippen molar-refractivity contribution in [2.75, 3.05) is 18.0 Å². The average Bonchev–Trinajstić information content (AvgIpc) is 2.24. The Hall–Kier alpha value is -2.01. The Balaban J connectivity index is 2.86. The predicted octanol–water partition coefficient (Wildman–Crippen LogP) is 0.294. The molecule has 0 aliphatic carbocycles. The van der Waals surface area contributed by atoms with E-state index in [4.69, 9.17) is 11.0 Å². The summed E-state index contributed by atoms with van der Waals surface area (Å²) in [7, 11) is -2.18. The molecule has 1 atom stereocenters. The molecular weight excluding hydrogens is 264 g/mol. The molecule has 0 aliphatic rings. The lowest BCUT2D eigenvalue weighted by molar-refractivity contribution is -0.118. The van der Waals surface area contributed by atoms with E-state index in [9.17, 15) is 17.8 Å². The summed E-state index contributed by atoms with van der Waals surface area (Å²) >= 11 is 0. The quantitative estimate of drug-likeness (QED) is 0.609. The number of carbonyl (C=O) groups is 1. The van der Waals surface area contributed by atoms with Crippen LogP contribution < -0.4 is 11.1 Å². The number of anilines is 1. The summed E-state index contributed by atoms with van der Waals surface area (Å²) in [6, 6.07) is 3.29. The summed E-state index contributed by atoms with van der Waals surface area (Å²) in [6.45, 7) is -0.261. The van der Waals surface area contributed by atoms with Crippen LogP contribution in [0.15, 0.2) is 17.0 Å². The molecule has 0 saturated heterocycles. The highest BCUT2D eigenvalue weighted by Gasteiger charge is 2.19. The van der Waals surface area contributed by atoms with Crippen LogP contribution in [0.1, 0.15) is 0 Å². The number of rotatable bonds is 4. The molecule has 1 aromatic carbocycles. The first-order valence-corrected chi connectivity index (χ1v) is 6.04. The van der Waals surface area contributed by atoms with E-state index in [-0.39, 0.29) is 12.2 Å². The van der Waals surface area contributed by atoms with Crippen molar-refractivity contribution in [1.29, 1.82) is 5.26 Å². The van der Waals surface area contributed by atoms with Crippen LogP contribution in [0.25, 0.3) is 0 Å². The maximum absolute atomic E-state index is 13.4. The van der Waals surface area contributed by atoms with Gasteiger partial charge in [0.15, 0.2) is 0 Å². The molecule has 3 N–H and O–H groups in total. The maximum atomic E-state index is 13.4. The van der Waals surface area contributed by atoms with E-state index in [2.05, 4.69) is 5.32 Å². The molecule has 1 aromatic rings. The van der Waals surface area contributed by atoms with Gasteiger partial charge in [0.2, 0.25) is 5.91 Å². The lowest BCUT2D eigenvalue weighted by atomic mass is 10.3. The van der Waals surface area contributed by atoms with Crippen molar-refractivity contribution in [2.24, 2.45) is 0 Å². The molecule has 1 amide bonds. The zero-order chi connectivity index (χ0) is 13.7. The first-order chi connectivity index (χ1) is 8.45. The fourth-order valence-electron chi connectivity index (χ4n) is 1.18. The van der Waals surface area contributed by atoms with Gasteiger partial charge in [0, 0.05) is 5.69 Å². The third-order valence-corrected chi connectivity index (χ3v) is 3.24. The molecule has 5 nitrogen and oxygen atoms in total. The van der Waals surface area contributed by atoms with Gasteiger partial charge in [0.25, 0.3) is 0 Å². The zero-order valence-electron chi connectivity index (χ0n) is 9.07. The highest BCUT2D eigenvalue weighted by molar-refractivity contribution is 7.85. The molecular formula is C10H9F2N3O2S. The van der Waals surface area contributed by atoms with Crippen LogP contribution in [-0.4, -0.2) is 22.4 Å². The highest BCUT2D eigenvalue weighted by atomic mass is 32.2. The predicted molar refractivity (Wildman–Crippen MR) is 60.7 cm³/mol. The van der Waals surface area contributed by atoms with Crippen molar-refractivity contribution in [3.8, 4) is 6.07 Å². The van der Waals surface area contributed by atoms with E-state index in [0.717, 1.165) is 12.1 Å². The summed E-state index contributed by atoms with van der Waals surface area (Å²) < 4.78 is 38.4. The van der Waals surface area contributed by atoms with Gasteiger partial charge in [-0.05, 0) is 12.1 Å². The van der Waals surface area contributed by atoms with Gasteiger partial charge >= 0.3 is 0 Å². The van der Waals surface area contributed by atoms with E-state index >= 15 is 0 Å². The third kappa shape index (κ3) is 3.49. The minimum Gasteiger partial charge on any atom is -0.399 e. The second kappa shape index (κ2) is 6.07. The lowest BCUT2D eigenvalue weighted by Gasteiger charge is -2.06. The van der Waals surface area contributed by atoms with Gasteiger partial charge in [0.05, 0.1) is 16.9 Å². The summed E-state index contributed by atoms with van der Waals surface area (Å²) in [5.74, 6) is -3.50. The van der Waals surface area contributed by atoms with Gasteiger partial charge in [-0.2, -0.15) is 5.26 Å². The molecule has 0 aliphatic heterocycles. The van der Waals surface area contributed by atoms with Crippen LogP contribution in [0.2, 0.25) is 0 Å². The van der Waals surface area contributed by atoms with Crippen LogP contribution in [0.3, 0.4) is 0 Å². The molecule has 1 unspecified atom stereocenters. The number of hydrogen-bond donors (Lipinski definition) is 2. The number of benzene rings is 1. The van der Waals surface area contributed by atoms with E-state index in [1.165, 1.54) is 0 Å². The molecule has 0 radical (unpaired) electrons. The number of nitrogens with two attached hydrogens (primary N) is 1. The molecule has 0 fully saturated rings.